The van der Waals surface area contributed by atoms with Crippen molar-refractivity contribution in [3.05, 3.63) is 57.6 Å². The molecule has 1 unspecified atom stereocenters. The topological polar surface area (TPSA) is 44.5 Å². The van der Waals surface area contributed by atoms with Crippen LogP contribution >= 0.6 is 11.6 Å². The number of rotatable bonds is 2. The van der Waals surface area contributed by atoms with E-state index in [9.17, 15) is 0 Å². The van der Waals surface area contributed by atoms with Gasteiger partial charge in [0.2, 0.25) is 0 Å². The van der Waals surface area contributed by atoms with Crippen LogP contribution in [0.4, 0.5) is 0 Å². The molecule has 1 atom stereocenters. The minimum absolute atomic E-state index is 0.284. The average molecular weight is 304 g/mol. The lowest BCUT2D eigenvalue weighted by Crippen LogP contribution is -2.18. The van der Waals surface area contributed by atoms with Gasteiger partial charge < -0.3 is 15.2 Å². The molecule has 2 aromatic carbocycles. The van der Waals surface area contributed by atoms with Crippen molar-refractivity contribution in [2.45, 2.75) is 19.9 Å². The molecule has 0 saturated heterocycles. The van der Waals surface area contributed by atoms with Gasteiger partial charge in [-0.15, -0.1) is 0 Å². The molecule has 21 heavy (non-hydrogen) atoms. The summed E-state index contributed by atoms with van der Waals surface area (Å²) in [5.41, 5.74) is 10.8. The van der Waals surface area contributed by atoms with Gasteiger partial charge in [-0.25, -0.2) is 0 Å². The number of benzene rings is 2. The standard InChI is InChI=1S/C17H18ClNO2/c1-10-4-3-5-12(11(10)2)17(19)13-8-15-16(9-14(13)18)21-7-6-20-15/h3-5,8-9,17H,6-7,19H2,1-2H3. The number of hydrogen-bond donors (Lipinski definition) is 1. The van der Waals surface area contributed by atoms with Crippen LogP contribution in [-0.2, 0) is 0 Å². The van der Waals surface area contributed by atoms with Crippen LogP contribution < -0.4 is 15.2 Å². The van der Waals surface area contributed by atoms with Crippen LogP contribution in [0.25, 0.3) is 0 Å². The SMILES string of the molecule is Cc1cccc(C(N)c2cc3c(cc2Cl)OCCO3)c1C. The molecule has 0 amide bonds. The van der Waals surface area contributed by atoms with Crippen LogP contribution in [0.2, 0.25) is 5.02 Å². The highest BCUT2D eigenvalue weighted by atomic mass is 35.5. The van der Waals surface area contributed by atoms with E-state index in [0.29, 0.717) is 29.7 Å². The third-order valence-electron chi connectivity index (χ3n) is 3.98. The van der Waals surface area contributed by atoms with E-state index in [0.717, 1.165) is 11.1 Å². The summed E-state index contributed by atoms with van der Waals surface area (Å²) in [4.78, 5) is 0. The Morgan fingerprint density at radius 2 is 1.71 bits per heavy atom. The summed E-state index contributed by atoms with van der Waals surface area (Å²) in [6.07, 6.45) is 0. The summed E-state index contributed by atoms with van der Waals surface area (Å²) in [5.74, 6) is 1.39. The predicted octanol–water partition coefficient (Wildman–Crippen LogP) is 3.78. The Morgan fingerprint density at radius 3 is 2.43 bits per heavy atom. The average Bonchev–Trinajstić information content (AvgIpc) is 2.48. The number of nitrogens with two attached hydrogens (primary N) is 1. The van der Waals surface area contributed by atoms with Gasteiger partial charge >= 0.3 is 0 Å². The first-order valence-electron chi connectivity index (χ1n) is 6.98. The molecule has 0 saturated carbocycles. The fraction of sp³-hybridized carbons (Fsp3) is 0.294. The summed E-state index contributed by atoms with van der Waals surface area (Å²) in [7, 11) is 0. The second-order valence-corrected chi connectivity index (χ2v) is 5.69. The molecule has 2 N–H and O–H groups in total. The molecule has 0 fully saturated rings. The maximum Gasteiger partial charge on any atom is 0.162 e. The number of halogens is 1. The maximum atomic E-state index is 6.44. The zero-order valence-electron chi connectivity index (χ0n) is 12.2. The van der Waals surface area contributed by atoms with Gasteiger partial charge in [-0.1, -0.05) is 29.8 Å². The van der Waals surface area contributed by atoms with E-state index >= 15 is 0 Å². The first-order chi connectivity index (χ1) is 10.1. The Balaban J connectivity index is 2.05. The van der Waals surface area contributed by atoms with Crippen LogP contribution in [0.3, 0.4) is 0 Å². The molecule has 0 aromatic heterocycles. The largest absolute Gasteiger partial charge is 0.486 e. The van der Waals surface area contributed by atoms with Gasteiger partial charge in [-0.2, -0.15) is 0 Å². The second kappa shape index (κ2) is 5.58. The molecule has 0 bridgehead atoms. The molecular formula is C17H18ClNO2. The summed E-state index contributed by atoms with van der Waals surface area (Å²) in [5, 5.41) is 0.604. The summed E-state index contributed by atoms with van der Waals surface area (Å²) in [6.45, 7) is 5.26. The Morgan fingerprint density at radius 1 is 1.05 bits per heavy atom. The van der Waals surface area contributed by atoms with Crippen molar-refractivity contribution in [3.8, 4) is 11.5 Å². The zero-order chi connectivity index (χ0) is 15.0. The van der Waals surface area contributed by atoms with Gasteiger partial charge in [0.15, 0.2) is 11.5 Å². The van der Waals surface area contributed by atoms with Crippen LogP contribution in [0.15, 0.2) is 30.3 Å². The molecule has 0 spiro atoms. The normalized spacial score (nSPS) is 14.9. The highest BCUT2D eigenvalue weighted by Crippen LogP contribution is 2.39. The quantitative estimate of drug-likeness (QED) is 0.918. The van der Waals surface area contributed by atoms with Crippen LogP contribution in [0.5, 0.6) is 11.5 Å². The molecular weight excluding hydrogens is 286 g/mol. The van der Waals surface area contributed by atoms with E-state index in [4.69, 9.17) is 26.8 Å². The number of aryl methyl sites for hydroxylation is 1. The van der Waals surface area contributed by atoms with E-state index in [1.807, 2.05) is 18.2 Å². The van der Waals surface area contributed by atoms with Crippen molar-refractivity contribution in [1.82, 2.24) is 0 Å². The van der Waals surface area contributed by atoms with Gasteiger partial charge in [0, 0.05) is 11.1 Å². The summed E-state index contributed by atoms with van der Waals surface area (Å²) >= 11 is 6.38. The minimum atomic E-state index is -0.284. The van der Waals surface area contributed by atoms with Crippen molar-refractivity contribution in [1.29, 1.82) is 0 Å². The minimum Gasteiger partial charge on any atom is -0.486 e. The van der Waals surface area contributed by atoms with Crippen LogP contribution in [-0.4, -0.2) is 13.2 Å². The van der Waals surface area contributed by atoms with Crippen molar-refractivity contribution in [3.63, 3.8) is 0 Å². The predicted molar refractivity (Wildman–Crippen MR) is 84.4 cm³/mol. The van der Waals surface area contributed by atoms with Gasteiger partial charge in [-0.3, -0.25) is 0 Å². The smallest absolute Gasteiger partial charge is 0.162 e. The zero-order valence-corrected chi connectivity index (χ0v) is 12.9. The van der Waals surface area contributed by atoms with Crippen LogP contribution in [0, 0.1) is 13.8 Å². The summed E-state index contributed by atoms with van der Waals surface area (Å²) in [6, 6.07) is 9.54. The molecule has 1 aliphatic rings. The van der Waals surface area contributed by atoms with E-state index < -0.39 is 0 Å². The molecule has 0 radical (unpaired) electrons. The molecule has 110 valence electrons. The highest BCUT2D eigenvalue weighted by Gasteiger charge is 2.20. The van der Waals surface area contributed by atoms with Crippen molar-refractivity contribution >= 4 is 11.6 Å². The van der Waals surface area contributed by atoms with E-state index in [1.54, 1.807) is 6.07 Å². The Hall–Kier alpha value is -1.71. The Bertz CT molecular complexity index is 685. The number of fused-ring (bicyclic) bond motifs is 1. The molecule has 0 aliphatic carbocycles. The molecule has 4 heteroatoms. The number of hydrogen-bond acceptors (Lipinski definition) is 3. The first-order valence-corrected chi connectivity index (χ1v) is 7.36. The molecule has 1 aliphatic heterocycles. The molecule has 3 nitrogen and oxygen atoms in total. The third-order valence-corrected chi connectivity index (χ3v) is 4.31. The lowest BCUT2D eigenvalue weighted by molar-refractivity contribution is 0.171. The van der Waals surface area contributed by atoms with Crippen molar-refractivity contribution in [2.24, 2.45) is 5.73 Å². The Labute approximate surface area is 129 Å². The van der Waals surface area contributed by atoms with Gasteiger partial charge in [0.05, 0.1) is 6.04 Å². The third kappa shape index (κ3) is 2.59. The van der Waals surface area contributed by atoms with Gasteiger partial charge in [-0.05, 0) is 42.2 Å². The van der Waals surface area contributed by atoms with Crippen molar-refractivity contribution < 1.29 is 9.47 Å². The first kappa shape index (κ1) is 14.2. The maximum absolute atomic E-state index is 6.44. The lowest BCUT2D eigenvalue weighted by Gasteiger charge is -2.23. The summed E-state index contributed by atoms with van der Waals surface area (Å²) < 4.78 is 11.2. The monoisotopic (exact) mass is 303 g/mol. The van der Waals surface area contributed by atoms with Crippen molar-refractivity contribution in [2.75, 3.05) is 13.2 Å². The Kier molecular flexibility index (Phi) is 3.79. The van der Waals surface area contributed by atoms with Crippen LogP contribution in [0.1, 0.15) is 28.3 Å². The fourth-order valence-electron chi connectivity index (χ4n) is 2.60. The highest BCUT2D eigenvalue weighted by molar-refractivity contribution is 6.31. The molecule has 2 aromatic rings. The van der Waals surface area contributed by atoms with Gasteiger partial charge in [0.1, 0.15) is 13.2 Å². The molecule has 1 heterocycles. The fourth-order valence-corrected chi connectivity index (χ4v) is 2.87. The lowest BCUT2D eigenvalue weighted by atomic mass is 9.93. The van der Waals surface area contributed by atoms with E-state index in [-0.39, 0.29) is 6.04 Å². The second-order valence-electron chi connectivity index (χ2n) is 5.28. The number of ether oxygens (including phenoxy) is 2. The van der Waals surface area contributed by atoms with E-state index in [2.05, 4.69) is 19.9 Å². The van der Waals surface area contributed by atoms with Gasteiger partial charge in [0.25, 0.3) is 0 Å². The van der Waals surface area contributed by atoms with E-state index in [1.165, 1.54) is 11.1 Å². The molecule has 3 rings (SSSR count).